The van der Waals surface area contributed by atoms with Crippen LogP contribution in [-0.4, -0.2) is 98.5 Å². The van der Waals surface area contributed by atoms with Gasteiger partial charge in [0.2, 0.25) is 11.8 Å². The number of ether oxygens (including phenoxy) is 2. The third kappa shape index (κ3) is 8.46. The topological polar surface area (TPSA) is 149 Å². The first-order valence-corrected chi connectivity index (χ1v) is 23.5. The van der Waals surface area contributed by atoms with E-state index in [4.69, 9.17) is 19.4 Å². The molecule has 3 aliphatic rings. The normalized spacial score (nSPS) is 20.7. The molecule has 0 unspecified atom stereocenters. The number of likely N-dealkylation sites (N-methyl/N-ethyl adjacent to an activating group) is 1. The van der Waals surface area contributed by atoms with Gasteiger partial charge in [-0.05, 0) is 109 Å². The van der Waals surface area contributed by atoms with Crippen molar-refractivity contribution in [1.29, 1.82) is 0 Å². The molecule has 2 saturated heterocycles. The van der Waals surface area contributed by atoms with E-state index in [0.29, 0.717) is 12.5 Å². The molecule has 0 spiro atoms. The van der Waals surface area contributed by atoms with Gasteiger partial charge in [0.25, 0.3) is 0 Å². The van der Waals surface area contributed by atoms with E-state index < -0.39 is 18.2 Å². The number of alkyl carbamates (subject to hydrolysis) is 1. The van der Waals surface area contributed by atoms with Gasteiger partial charge in [0, 0.05) is 23.7 Å². The predicted octanol–water partition coefficient (Wildman–Crippen LogP) is 9.74. The fourth-order valence-electron chi connectivity index (χ4n) is 10.9. The van der Waals surface area contributed by atoms with Gasteiger partial charge >= 0.3 is 6.09 Å². The number of benzene rings is 4. The minimum Gasteiger partial charge on any atom is -0.496 e. The summed E-state index contributed by atoms with van der Waals surface area (Å²) in [5, 5.41) is 5.04. The molecule has 3 fully saturated rings. The van der Waals surface area contributed by atoms with Gasteiger partial charge in [0.05, 0.1) is 49.2 Å². The number of rotatable bonds is 13. The number of carbonyl (C=O) groups excluding carboxylic acids is 3. The van der Waals surface area contributed by atoms with Crippen molar-refractivity contribution in [3.8, 4) is 28.1 Å². The highest BCUT2D eigenvalue weighted by Gasteiger charge is 2.48. The summed E-state index contributed by atoms with van der Waals surface area (Å²) in [7, 11) is 2.98. The molecule has 1 aliphatic carbocycles. The Kier molecular flexibility index (Phi) is 12.7. The third-order valence-electron chi connectivity index (χ3n) is 14.3. The molecule has 3 N–H and O–H groups in total. The monoisotopic (exact) mass is 878 g/mol. The summed E-state index contributed by atoms with van der Waals surface area (Å²) < 4.78 is 10.6. The van der Waals surface area contributed by atoms with Gasteiger partial charge in [0.15, 0.2) is 0 Å². The number of fused-ring (bicyclic) bond motifs is 3. The Morgan fingerprint density at radius 3 is 2.29 bits per heavy atom. The number of aromatic amines is 2. The average molecular weight is 879 g/mol. The van der Waals surface area contributed by atoms with Crippen molar-refractivity contribution in [3.63, 3.8) is 0 Å². The largest absolute Gasteiger partial charge is 0.496 e. The summed E-state index contributed by atoms with van der Waals surface area (Å²) in [4.78, 5) is 64.6. The van der Waals surface area contributed by atoms with Crippen LogP contribution in [0.5, 0.6) is 5.75 Å². The molecule has 13 heteroatoms. The molecule has 13 nitrogen and oxygen atoms in total. The summed E-state index contributed by atoms with van der Waals surface area (Å²) in [5.74, 6) is 2.60. The van der Waals surface area contributed by atoms with Gasteiger partial charge in [0.1, 0.15) is 29.5 Å². The van der Waals surface area contributed by atoms with E-state index in [9.17, 15) is 14.4 Å². The first kappa shape index (κ1) is 44.0. The number of para-hydroxylation sites is 1. The van der Waals surface area contributed by atoms with Crippen LogP contribution in [0.2, 0.25) is 0 Å². The number of hydrogen-bond acceptors (Lipinski definition) is 8. The molecule has 1 saturated carbocycles. The smallest absolute Gasteiger partial charge is 0.407 e. The molecule has 0 bridgehead atoms. The number of aromatic nitrogens is 4. The van der Waals surface area contributed by atoms with E-state index >= 15 is 0 Å². The standard InChI is InChI=1S/C52H62N8O5/c1-7-58(8-2)47(38-15-10-12-18-45(38)64-5)51(62)59-25-13-17-43(59)48-53-30-41(56-48)36-22-21-32-26-33(19-20-34(32)27-36)35-23-24-39-40(28-35)55-49(54-39)44-29-37-14-9-11-16-42(37)60(44)50(61)46(31(3)4)57-52(63)65-6/h10,12,15,18-24,26-28,30-31,37,42-44,46-47H,7-9,11,13-14,16-17,25,29H2,1-6H3,(H,53,56)(H,54,55)(H,57,63)/t37-,42-,43-,44-,46-,47+/m0/s1. The van der Waals surface area contributed by atoms with Crippen molar-refractivity contribution in [3.05, 3.63) is 102 Å². The van der Waals surface area contributed by atoms with Gasteiger partial charge in [-0.3, -0.25) is 14.5 Å². The molecule has 3 amide bonds. The Morgan fingerprint density at radius 2 is 1.54 bits per heavy atom. The molecule has 4 heterocycles. The number of carbonyl (C=O) groups is 3. The summed E-state index contributed by atoms with van der Waals surface area (Å²) in [6.07, 6.45) is 8.18. The zero-order valence-electron chi connectivity index (χ0n) is 38.5. The molecule has 2 aromatic heterocycles. The van der Waals surface area contributed by atoms with E-state index in [2.05, 4.69) is 88.6 Å². The number of amides is 3. The van der Waals surface area contributed by atoms with Crippen LogP contribution in [0.15, 0.2) is 85.1 Å². The van der Waals surface area contributed by atoms with Gasteiger partial charge in [-0.2, -0.15) is 0 Å². The lowest BCUT2D eigenvalue weighted by Crippen LogP contribution is -2.53. The van der Waals surface area contributed by atoms with Crippen LogP contribution in [0, 0.1) is 11.8 Å². The molecule has 6 atom stereocenters. The lowest BCUT2D eigenvalue weighted by molar-refractivity contribution is -0.139. The maximum atomic E-state index is 14.5. The highest BCUT2D eigenvalue weighted by atomic mass is 16.5. The maximum absolute atomic E-state index is 14.5. The Bertz CT molecular complexity index is 2690. The van der Waals surface area contributed by atoms with Crippen LogP contribution in [0.4, 0.5) is 4.79 Å². The minimum absolute atomic E-state index is 0.0725. The molecule has 4 aromatic carbocycles. The second kappa shape index (κ2) is 18.7. The van der Waals surface area contributed by atoms with E-state index in [1.165, 1.54) is 7.11 Å². The van der Waals surface area contributed by atoms with E-state index in [1.54, 1.807) is 7.11 Å². The molecule has 6 aromatic rings. The van der Waals surface area contributed by atoms with Crippen LogP contribution in [0.25, 0.3) is 44.2 Å². The number of methoxy groups -OCH3 is 2. The van der Waals surface area contributed by atoms with Crippen molar-refractivity contribution < 1.29 is 23.9 Å². The number of nitrogens with one attached hydrogen (secondary N) is 3. The number of hydrogen-bond donors (Lipinski definition) is 3. The number of imidazole rings is 2. The zero-order chi connectivity index (χ0) is 45.4. The van der Waals surface area contributed by atoms with Crippen molar-refractivity contribution >= 4 is 39.7 Å². The Balaban J connectivity index is 0.940. The first-order valence-electron chi connectivity index (χ1n) is 23.5. The highest BCUT2D eigenvalue weighted by Crippen LogP contribution is 2.47. The van der Waals surface area contributed by atoms with Gasteiger partial charge in [-0.25, -0.2) is 14.8 Å². The number of likely N-dealkylation sites (tertiary alicyclic amines) is 2. The lowest BCUT2D eigenvalue weighted by atomic mass is 9.84. The minimum atomic E-state index is -0.690. The van der Waals surface area contributed by atoms with Crippen molar-refractivity contribution in [2.75, 3.05) is 33.9 Å². The molecule has 65 heavy (non-hydrogen) atoms. The van der Waals surface area contributed by atoms with E-state index in [-0.39, 0.29) is 35.9 Å². The van der Waals surface area contributed by atoms with Gasteiger partial charge in [-0.1, -0.05) is 89.1 Å². The molecule has 2 aliphatic heterocycles. The molecule has 9 rings (SSSR count). The van der Waals surface area contributed by atoms with Crippen molar-refractivity contribution in [2.24, 2.45) is 11.8 Å². The van der Waals surface area contributed by atoms with E-state index in [0.717, 1.165) is 125 Å². The Labute approximate surface area is 381 Å². The second-order valence-electron chi connectivity index (χ2n) is 18.3. The predicted molar refractivity (Wildman–Crippen MR) is 253 cm³/mol. The number of H-pyrrole nitrogens is 2. The zero-order valence-corrected chi connectivity index (χ0v) is 38.5. The molecular weight excluding hydrogens is 817 g/mol. The van der Waals surface area contributed by atoms with Crippen LogP contribution in [0.3, 0.4) is 0 Å². The van der Waals surface area contributed by atoms with Crippen molar-refractivity contribution in [1.82, 2.24) is 40.0 Å². The maximum Gasteiger partial charge on any atom is 0.407 e. The number of nitrogens with zero attached hydrogens (tertiary/aromatic N) is 5. The van der Waals surface area contributed by atoms with Crippen LogP contribution >= 0.6 is 0 Å². The van der Waals surface area contributed by atoms with Crippen molar-refractivity contribution in [2.45, 2.75) is 103 Å². The Hall–Kier alpha value is -6.21. The molecule has 0 radical (unpaired) electrons. The Morgan fingerprint density at radius 1 is 0.815 bits per heavy atom. The van der Waals surface area contributed by atoms with Crippen LogP contribution in [-0.2, 0) is 14.3 Å². The van der Waals surface area contributed by atoms with Crippen LogP contribution in [0.1, 0.15) is 108 Å². The summed E-state index contributed by atoms with van der Waals surface area (Å²) in [6, 6.07) is 25.8. The fourth-order valence-corrected chi connectivity index (χ4v) is 10.9. The molecule has 340 valence electrons. The van der Waals surface area contributed by atoms with Crippen LogP contribution < -0.4 is 10.1 Å². The SMILES string of the molecule is CCN(CC)[C@@H](C(=O)N1CCC[C@H]1c1ncc(-c2ccc3cc(-c4ccc5nc([C@@H]6C[C@@H]7CCCC[C@@H]7N6C(=O)[C@@H](NC(=O)OC)C(C)C)[nH]c5c4)ccc3c2)[nH]1)c1ccccc1OC. The lowest BCUT2D eigenvalue weighted by Gasteiger charge is -2.36. The quantitative estimate of drug-likeness (QED) is 0.104. The second-order valence-corrected chi connectivity index (χ2v) is 18.3. The first-order chi connectivity index (χ1) is 31.6. The summed E-state index contributed by atoms with van der Waals surface area (Å²) in [5.41, 5.74) is 6.76. The average Bonchev–Trinajstić information content (AvgIpc) is 4.17. The molecular formula is C52H62N8O5. The third-order valence-corrected chi connectivity index (χ3v) is 14.3. The summed E-state index contributed by atoms with van der Waals surface area (Å²) >= 11 is 0. The van der Waals surface area contributed by atoms with Gasteiger partial charge in [-0.15, -0.1) is 0 Å². The fraction of sp³-hybridized carbons (Fsp3) is 0.442. The van der Waals surface area contributed by atoms with E-state index in [1.807, 2.05) is 54.1 Å². The highest BCUT2D eigenvalue weighted by molar-refractivity contribution is 5.92. The van der Waals surface area contributed by atoms with Gasteiger partial charge < -0.3 is 34.6 Å². The summed E-state index contributed by atoms with van der Waals surface area (Å²) in [6.45, 7) is 10.3.